The van der Waals surface area contributed by atoms with Crippen molar-refractivity contribution in [2.45, 2.75) is 18.8 Å². The molecule has 0 bridgehead atoms. The van der Waals surface area contributed by atoms with Crippen LogP contribution in [0.25, 0.3) is 34.4 Å². The van der Waals surface area contributed by atoms with Gasteiger partial charge in [0.1, 0.15) is 0 Å². The molecule has 0 radical (unpaired) electrons. The van der Waals surface area contributed by atoms with E-state index in [1.165, 1.54) is 31.2 Å². The van der Waals surface area contributed by atoms with E-state index in [1.54, 1.807) is 12.2 Å². The van der Waals surface area contributed by atoms with Gasteiger partial charge in [0.05, 0.1) is 0 Å². The zero-order valence-corrected chi connectivity index (χ0v) is 18.6. The van der Waals surface area contributed by atoms with Crippen molar-refractivity contribution in [1.82, 2.24) is 0 Å². The van der Waals surface area contributed by atoms with Crippen molar-refractivity contribution in [2.24, 2.45) is 0 Å². The van der Waals surface area contributed by atoms with Crippen LogP contribution in [0.5, 0.6) is 11.5 Å². The summed E-state index contributed by atoms with van der Waals surface area (Å²) in [6, 6.07) is 5.94. The van der Waals surface area contributed by atoms with Gasteiger partial charge in [-0.3, -0.25) is 9.59 Å². The topological polar surface area (TPSA) is 173 Å². The summed E-state index contributed by atoms with van der Waals surface area (Å²) in [4.78, 5) is 70.0. The third kappa shape index (κ3) is 3.45. The second kappa shape index (κ2) is 7.88. The molecule has 2 heterocycles. The van der Waals surface area contributed by atoms with Crippen LogP contribution in [-0.2, 0) is 9.59 Å². The molecule has 2 atom stereocenters. The van der Waals surface area contributed by atoms with Gasteiger partial charge in [-0.2, -0.15) is 0 Å². The predicted molar refractivity (Wildman–Crippen MR) is 122 cm³/mol. The van der Waals surface area contributed by atoms with Crippen molar-refractivity contribution < 1.29 is 36.7 Å². The van der Waals surface area contributed by atoms with Crippen LogP contribution in [-0.4, -0.2) is 12.4 Å². The Morgan fingerprint density at radius 2 is 1.24 bits per heavy atom. The van der Waals surface area contributed by atoms with Crippen LogP contribution in [0.15, 0.2) is 61.1 Å². The molecule has 0 saturated carbocycles. The van der Waals surface area contributed by atoms with Gasteiger partial charge in [0.2, 0.25) is 0 Å². The lowest BCUT2D eigenvalue weighted by Gasteiger charge is -2.33. The molecule has 6 rings (SSSR count). The molecule has 2 unspecified atom stereocenters. The standard InChI is InChI=1S/C25H12O12/c1-9(27)33-17-3-11-10(2-16(17)32-8-26)12-4-18-20(36-23(29)22(28)34-18)6-14(12)15-7-21-19(5-13(11)15)35-24(30)25(31)37-21/h2-8,13,15H,1H3. The fraction of sp³-hybridized carbons (Fsp3) is 0.120. The second-order valence-electron chi connectivity index (χ2n) is 8.25. The molecule has 184 valence electrons. The Labute approximate surface area is 202 Å². The van der Waals surface area contributed by atoms with E-state index in [4.69, 9.17) is 27.1 Å². The Morgan fingerprint density at radius 1 is 0.730 bits per heavy atom. The number of carbonyl (C=O) groups excluding carboxylic acids is 2. The number of ether oxygens (including phenoxy) is 2. The molecule has 0 aliphatic heterocycles. The average Bonchev–Trinajstić information content (AvgIpc) is 2.84. The first-order valence-corrected chi connectivity index (χ1v) is 10.7. The minimum atomic E-state index is -1.19. The van der Waals surface area contributed by atoms with Crippen LogP contribution in [0.3, 0.4) is 0 Å². The van der Waals surface area contributed by atoms with Gasteiger partial charge in [-0.15, -0.1) is 0 Å². The first-order valence-electron chi connectivity index (χ1n) is 10.7. The summed E-state index contributed by atoms with van der Waals surface area (Å²) in [6.07, 6.45) is 3.13. The van der Waals surface area contributed by atoms with Gasteiger partial charge in [0, 0.05) is 18.8 Å². The van der Waals surface area contributed by atoms with E-state index in [0.717, 1.165) is 0 Å². The molecule has 12 nitrogen and oxygen atoms in total. The molecule has 0 fully saturated rings. The SMILES string of the molecule is CC(=O)Oc1cc2c(cc1OC=O)-c1cc3oc(=O)c(=O)oc3cc1C1C=c3oc(=O)c(=O)oc3=CC21. The van der Waals surface area contributed by atoms with Crippen LogP contribution in [0.4, 0.5) is 0 Å². The quantitative estimate of drug-likeness (QED) is 0.161. The second-order valence-corrected chi connectivity index (χ2v) is 8.25. The van der Waals surface area contributed by atoms with Crippen molar-refractivity contribution in [2.75, 3.05) is 0 Å². The van der Waals surface area contributed by atoms with Crippen LogP contribution in [0.1, 0.15) is 29.9 Å². The lowest BCUT2D eigenvalue weighted by molar-refractivity contribution is -0.132. The first-order chi connectivity index (χ1) is 17.7. The van der Waals surface area contributed by atoms with E-state index in [1.807, 2.05) is 0 Å². The van der Waals surface area contributed by atoms with Crippen LogP contribution < -0.4 is 42.8 Å². The third-order valence-electron chi connectivity index (χ3n) is 6.10. The summed E-state index contributed by atoms with van der Waals surface area (Å²) >= 11 is 0. The van der Waals surface area contributed by atoms with Crippen LogP contribution >= 0.6 is 0 Å². The van der Waals surface area contributed by atoms with Crippen molar-refractivity contribution >= 4 is 35.8 Å². The lowest BCUT2D eigenvalue weighted by atomic mass is 9.70. The fourth-order valence-electron chi connectivity index (χ4n) is 4.71. The van der Waals surface area contributed by atoms with Crippen molar-refractivity contribution in [3.63, 3.8) is 0 Å². The Morgan fingerprint density at radius 3 is 1.81 bits per heavy atom. The number of fused-ring (bicyclic) bond motifs is 8. The number of hydrogen-bond acceptors (Lipinski definition) is 12. The molecule has 0 amide bonds. The normalized spacial score (nSPS) is 16.8. The maximum Gasteiger partial charge on any atom is 0.423 e. The highest BCUT2D eigenvalue weighted by molar-refractivity contribution is 5.89. The molecule has 37 heavy (non-hydrogen) atoms. The summed E-state index contributed by atoms with van der Waals surface area (Å²) in [5.74, 6) is -1.89. The van der Waals surface area contributed by atoms with Gasteiger partial charge < -0.3 is 27.1 Å². The third-order valence-corrected chi connectivity index (χ3v) is 6.10. The number of hydrogen-bond donors (Lipinski definition) is 0. The van der Waals surface area contributed by atoms with Crippen molar-refractivity contribution in [3.8, 4) is 22.6 Å². The fourth-order valence-corrected chi connectivity index (χ4v) is 4.71. The maximum absolute atomic E-state index is 11.8. The van der Waals surface area contributed by atoms with Gasteiger partial charge in [-0.25, -0.2) is 19.2 Å². The van der Waals surface area contributed by atoms with Crippen molar-refractivity contribution in [3.05, 3.63) is 87.9 Å². The minimum Gasteiger partial charge on any atom is -0.425 e. The number of rotatable bonds is 3. The first kappa shape index (κ1) is 22.2. The zero-order chi connectivity index (χ0) is 26.0. The predicted octanol–water partition coefficient (Wildman–Crippen LogP) is 0.236. The highest BCUT2D eigenvalue weighted by Gasteiger charge is 2.36. The molecule has 2 aromatic carbocycles. The van der Waals surface area contributed by atoms with Gasteiger partial charge in [0.25, 0.3) is 6.47 Å². The number of esters is 1. The van der Waals surface area contributed by atoms with Gasteiger partial charge in [-0.1, -0.05) is 0 Å². The minimum absolute atomic E-state index is 0.00769. The van der Waals surface area contributed by atoms with Gasteiger partial charge in [0.15, 0.2) is 33.5 Å². The Hall–Kier alpha value is -5.26. The molecular formula is C25H12O12. The molecular weight excluding hydrogens is 492 g/mol. The molecule has 2 aliphatic carbocycles. The molecule has 0 N–H and O–H groups in total. The maximum atomic E-state index is 11.8. The molecule has 0 saturated heterocycles. The summed E-state index contributed by atoms with van der Waals surface area (Å²) < 4.78 is 30.7. The molecule has 2 aliphatic rings. The van der Waals surface area contributed by atoms with E-state index in [0.29, 0.717) is 22.3 Å². The summed E-state index contributed by atoms with van der Waals surface area (Å²) in [6.45, 7) is 1.35. The monoisotopic (exact) mass is 504 g/mol. The number of benzene rings is 2. The van der Waals surface area contributed by atoms with E-state index in [2.05, 4.69) is 0 Å². The molecule has 2 aromatic heterocycles. The molecule has 4 aromatic rings. The zero-order valence-electron chi connectivity index (χ0n) is 18.6. The highest BCUT2D eigenvalue weighted by Crippen LogP contribution is 2.52. The summed E-state index contributed by atoms with van der Waals surface area (Å²) in [7, 11) is 0. The lowest BCUT2D eigenvalue weighted by Crippen LogP contribution is -2.41. The van der Waals surface area contributed by atoms with Gasteiger partial charge >= 0.3 is 28.5 Å². The summed E-state index contributed by atoms with van der Waals surface area (Å²) in [5, 5.41) is 0. The van der Waals surface area contributed by atoms with E-state index in [9.17, 15) is 28.8 Å². The molecule has 0 spiro atoms. The number of carbonyl (C=O) groups is 2. The Balaban J connectivity index is 1.73. The van der Waals surface area contributed by atoms with Crippen molar-refractivity contribution in [1.29, 1.82) is 0 Å². The van der Waals surface area contributed by atoms with E-state index in [-0.39, 0.29) is 40.0 Å². The summed E-state index contributed by atoms with van der Waals surface area (Å²) in [5.41, 5.74) is -2.63. The van der Waals surface area contributed by atoms with Crippen LogP contribution in [0.2, 0.25) is 0 Å². The Bertz CT molecular complexity index is 2040. The smallest absolute Gasteiger partial charge is 0.423 e. The van der Waals surface area contributed by atoms with Crippen LogP contribution in [0, 0.1) is 0 Å². The Kier molecular flexibility index (Phi) is 4.73. The average molecular weight is 504 g/mol. The van der Waals surface area contributed by atoms with E-state index < -0.39 is 40.3 Å². The molecule has 12 heteroatoms. The highest BCUT2D eigenvalue weighted by atomic mass is 16.6. The van der Waals surface area contributed by atoms with E-state index >= 15 is 0 Å². The van der Waals surface area contributed by atoms with Gasteiger partial charge in [-0.05, 0) is 58.7 Å². The largest absolute Gasteiger partial charge is 0.425 e.